The van der Waals surface area contributed by atoms with Gasteiger partial charge >= 0.3 is 23.9 Å². The molecule has 0 saturated carbocycles. The van der Waals surface area contributed by atoms with Gasteiger partial charge in [-0.25, -0.2) is 20.0 Å². The quantitative estimate of drug-likeness (QED) is 0.0377. The van der Waals surface area contributed by atoms with Crippen molar-refractivity contribution >= 4 is 35.7 Å². The Morgan fingerprint density at radius 3 is 1.31 bits per heavy atom. The van der Waals surface area contributed by atoms with E-state index in [0.717, 1.165) is 0 Å². The van der Waals surface area contributed by atoms with Crippen LogP contribution in [0.3, 0.4) is 0 Å². The van der Waals surface area contributed by atoms with Gasteiger partial charge < -0.3 is 29.9 Å². The van der Waals surface area contributed by atoms with Crippen LogP contribution < -0.4 is 5.43 Å². The Bertz CT molecular complexity index is 1170. The SMILES string of the molecule is CC(NN(C)C)C(=O)O.COC(=O)[C@H](C)N(C)C(=O)CCCN=[N+]=[N-].C[C@@H](C(=O)O)N(C)C(=O)CCCN=[N+]=[N-].[N-]=[N+]=NCCCC(=O)O. The maximum absolute atomic E-state index is 11.6. The number of carboxylic acid groups (broad SMARTS) is 3. The Hall–Kier alpha value is -5.33. The van der Waals surface area contributed by atoms with Gasteiger partial charge in [0.2, 0.25) is 11.8 Å². The minimum absolute atomic E-state index is 0.0685. The molecule has 0 aliphatic carbocycles. The zero-order valence-electron chi connectivity index (χ0n) is 29.2. The summed E-state index contributed by atoms with van der Waals surface area (Å²) in [7, 11) is 7.75. The average molecular weight is 704 g/mol. The van der Waals surface area contributed by atoms with E-state index >= 15 is 0 Å². The molecule has 0 bridgehead atoms. The number of nitrogens with one attached hydrogen (secondary N) is 1. The number of aliphatic carboxylic acids is 3. The van der Waals surface area contributed by atoms with Crippen molar-refractivity contribution in [2.45, 2.75) is 77.4 Å². The maximum Gasteiger partial charge on any atom is 0.328 e. The molecule has 0 aromatic heterocycles. The Kier molecular flexibility index (Phi) is 33.6. The van der Waals surface area contributed by atoms with Gasteiger partial charge in [-0.15, -0.1) is 0 Å². The standard InChI is InChI=1S/C9H16N4O3.C8H14N4O3.C5H12N2O2.C4H7N3O2/c1-7(9(15)16-3)13(2)8(14)5-4-6-11-12-10;1-6(8(14)15)12(2)7(13)4-3-5-10-11-9;1-4(5(8)9)6-7(2)3;5-7-6-3-1-2-4(8)9/h7H,4-6H2,1-3H3;6H,3-5H2,1-2H3,(H,14,15);4,6H,1-3H3,(H,8,9);1-3H2,(H,8,9)/t7-;6-;;/m00../s1. The van der Waals surface area contributed by atoms with E-state index in [-0.39, 0.29) is 50.7 Å². The van der Waals surface area contributed by atoms with Crippen molar-refractivity contribution in [2.24, 2.45) is 15.3 Å². The third-order valence-electron chi connectivity index (χ3n) is 5.81. The summed E-state index contributed by atoms with van der Waals surface area (Å²) in [5, 5.41) is 36.4. The summed E-state index contributed by atoms with van der Waals surface area (Å²) in [6, 6.07) is -1.95. The molecule has 1 unspecified atom stereocenters. The van der Waals surface area contributed by atoms with E-state index in [1.165, 1.54) is 37.9 Å². The second-order valence-corrected chi connectivity index (χ2v) is 9.87. The predicted octanol–water partition coefficient (Wildman–Crippen LogP) is 2.79. The Labute approximate surface area is 284 Å². The number of hydrogen-bond acceptors (Lipinski definition) is 12. The van der Waals surface area contributed by atoms with Crippen LogP contribution in [0.15, 0.2) is 15.3 Å². The molecule has 3 atom stereocenters. The van der Waals surface area contributed by atoms with E-state index in [1.807, 2.05) is 0 Å². The van der Waals surface area contributed by atoms with E-state index in [4.69, 9.17) is 31.9 Å². The van der Waals surface area contributed by atoms with Gasteiger partial charge in [0.25, 0.3) is 0 Å². The van der Waals surface area contributed by atoms with Crippen molar-refractivity contribution in [2.75, 3.05) is 54.9 Å². The lowest BCUT2D eigenvalue weighted by atomic mass is 10.2. The highest BCUT2D eigenvalue weighted by molar-refractivity contribution is 5.84. The highest BCUT2D eigenvalue weighted by atomic mass is 16.5. The molecule has 0 aliphatic rings. The summed E-state index contributed by atoms with van der Waals surface area (Å²) < 4.78 is 4.53. The molecule has 278 valence electrons. The second-order valence-electron chi connectivity index (χ2n) is 9.87. The average Bonchev–Trinajstić information content (AvgIpc) is 3.05. The Morgan fingerprint density at radius 1 is 0.673 bits per heavy atom. The predicted molar refractivity (Wildman–Crippen MR) is 175 cm³/mol. The van der Waals surface area contributed by atoms with Crippen molar-refractivity contribution in [3.8, 4) is 0 Å². The normalized spacial score (nSPS) is 11.1. The van der Waals surface area contributed by atoms with E-state index in [9.17, 15) is 28.8 Å². The molecule has 0 saturated heterocycles. The van der Waals surface area contributed by atoms with Crippen LogP contribution in [-0.2, 0) is 33.5 Å². The Morgan fingerprint density at radius 2 is 1.04 bits per heavy atom. The maximum atomic E-state index is 11.6. The van der Waals surface area contributed by atoms with E-state index in [1.54, 1.807) is 33.0 Å². The fraction of sp³-hybridized carbons (Fsp3) is 0.769. The lowest BCUT2D eigenvalue weighted by Gasteiger charge is -2.22. The molecule has 0 aromatic carbocycles. The molecule has 4 N–H and O–H groups in total. The summed E-state index contributed by atoms with van der Waals surface area (Å²) in [4.78, 5) is 74.7. The number of carbonyl (C=O) groups excluding carboxylic acids is 3. The minimum atomic E-state index is -1.04. The molecule has 49 heavy (non-hydrogen) atoms. The first-order valence-electron chi connectivity index (χ1n) is 14.6. The number of nitrogens with zero attached hydrogens (tertiary/aromatic N) is 12. The van der Waals surface area contributed by atoms with Crippen LogP contribution in [0.2, 0.25) is 0 Å². The first-order chi connectivity index (χ1) is 22.8. The van der Waals surface area contributed by atoms with Crippen LogP contribution in [-0.4, -0.2) is 139 Å². The third-order valence-corrected chi connectivity index (χ3v) is 5.81. The number of methoxy groups -OCH3 is 1. The van der Waals surface area contributed by atoms with Crippen LogP contribution in [0.1, 0.15) is 59.3 Å². The van der Waals surface area contributed by atoms with Gasteiger partial charge in [0.15, 0.2) is 0 Å². The summed E-state index contributed by atoms with van der Waals surface area (Å²) >= 11 is 0. The molecule has 0 heterocycles. The van der Waals surface area contributed by atoms with Crippen molar-refractivity contribution in [1.29, 1.82) is 0 Å². The number of amides is 2. The molecule has 0 rings (SSSR count). The number of hydrazine groups is 1. The third kappa shape index (κ3) is 32.4. The van der Waals surface area contributed by atoms with Gasteiger partial charge in [0, 0.05) is 81.8 Å². The van der Waals surface area contributed by atoms with Crippen LogP contribution in [0.5, 0.6) is 0 Å². The smallest absolute Gasteiger partial charge is 0.328 e. The number of rotatable bonds is 19. The molecule has 0 fully saturated rings. The molecule has 2 amide bonds. The number of ether oxygens (including phenoxy) is 1. The zero-order chi connectivity index (χ0) is 38.9. The van der Waals surface area contributed by atoms with Crippen molar-refractivity contribution < 1.29 is 48.8 Å². The summed E-state index contributed by atoms with van der Waals surface area (Å²) in [5.41, 5.74) is 26.4. The monoisotopic (exact) mass is 703 g/mol. The molecule has 23 heteroatoms. The number of carbonyl (C=O) groups is 6. The number of esters is 1. The van der Waals surface area contributed by atoms with E-state index in [2.05, 4.69) is 40.2 Å². The van der Waals surface area contributed by atoms with Crippen molar-refractivity contribution in [1.82, 2.24) is 20.2 Å². The van der Waals surface area contributed by atoms with E-state index in [0.29, 0.717) is 19.3 Å². The largest absolute Gasteiger partial charge is 0.481 e. The number of hydrogen-bond donors (Lipinski definition) is 4. The van der Waals surface area contributed by atoms with Crippen molar-refractivity contribution in [3.63, 3.8) is 0 Å². The van der Waals surface area contributed by atoms with Gasteiger partial charge in [-0.3, -0.25) is 19.2 Å². The van der Waals surface area contributed by atoms with Crippen LogP contribution >= 0.6 is 0 Å². The van der Waals surface area contributed by atoms with Crippen molar-refractivity contribution in [3.05, 3.63) is 31.3 Å². The molecule has 0 spiro atoms. The summed E-state index contributed by atoms with van der Waals surface area (Å²) in [6.45, 7) is 5.41. The first kappa shape index (κ1) is 50.5. The zero-order valence-corrected chi connectivity index (χ0v) is 29.2. The van der Waals surface area contributed by atoms with Gasteiger partial charge in [-0.05, 0) is 56.6 Å². The summed E-state index contributed by atoms with van der Waals surface area (Å²) in [5.74, 6) is -3.64. The highest BCUT2D eigenvalue weighted by Gasteiger charge is 2.22. The second kappa shape index (κ2) is 32.6. The van der Waals surface area contributed by atoms with Gasteiger partial charge in [0.05, 0.1) is 7.11 Å². The van der Waals surface area contributed by atoms with E-state index < -0.39 is 42.0 Å². The topological polar surface area (TPSA) is 340 Å². The molecule has 0 aromatic rings. The van der Waals surface area contributed by atoms with Gasteiger partial charge in [-0.2, -0.15) is 0 Å². The van der Waals surface area contributed by atoms with Crippen LogP contribution in [0.25, 0.3) is 31.3 Å². The Balaban J connectivity index is -0.000000285. The highest BCUT2D eigenvalue weighted by Crippen LogP contribution is 2.04. The summed E-state index contributed by atoms with van der Waals surface area (Å²) in [6.07, 6.45) is 1.82. The number of azide groups is 3. The lowest BCUT2D eigenvalue weighted by molar-refractivity contribution is -0.151. The fourth-order valence-corrected chi connectivity index (χ4v) is 2.76. The molecular weight excluding hydrogens is 654 g/mol. The first-order valence-corrected chi connectivity index (χ1v) is 14.6. The molecule has 0 radical (unpaired) electrons. The van der Waals surface area contributed by atoms with Crippen LogP contribution in [0, 0.1) is 0 Å². The minimum Gasteiger partial charge on any atom is -0.481 e. The van der Waals surface area contributed by atoms with Gasteiger partial charge in [0.1, 0.15) is 18.1 Å². The number of carboxylic acids is 3. The fourth-order valence-electron chi connectivity index (χ4n) is 2.76. The van der Waals surface area contributed by atoms with Gasteiger partial charge in [-0.1, -0.05) is 15.3 Å². The molecular formula is C26H49N13O10. The number of likely N-dealkylation sites (N-methyl/N-ethyl adjacent to an activating group) is 2. The van der Waals surface area contributed by atoms with Crippen LogP contribution in [0.4, 0.5) is 0 Å². The molecule has 0 aliphatic heterocycles. The lowest BCUT2D eigenvalue weighted by Crippen LogP contribution is -2.42. The molecule has 23 nitrogen and oxygen atoms in total.